The van der Waals surface area contributed by atoms with E-state index in [1.54, 1.807) is 24.3 Å². The Kier molecular flexibility index (Phi) is 4.66. The Morgan fingerprint density at radius 2 is 2.10 bits per heavy atom. The van der Waals surface area contributed by atoms with E-state index < -0.39 is 24.1 Å². The number of amides is 1. The Bertz CT molecular complexity index is 517. The third-order valence-corrected chi connectivity index (χ3v) is 2.75. The van der Waals surface area contributed by atoms with E-state index in [4.69, 9.17) is 4.74 Å². The number of rotatable bonds is 4. The number of ether oxygens (including phenoxy) is 1. The first-order valence-corrected chi connectivity index (χ1v) is 6.19. The molecule has 0 aromatic heterocycles. The van der Waals surface area contributed by atoms with Crippen LogP contribution in [0.1, 0.15) is 12.0 Å². The largest absolute Gasteiger partial charge is 0.445 e. The quantitative estimate of drug-likeness (QED) is 0.930. The SMILES string of the molecule is O=C(NCC1CC(C(F)(F)F)=NO1)OCc1ccccc1. The van der Waals surface area contributed by atoms with Crippen LogP contribution in [0.25, 0.3) is 0 Å². The first-order valence-electron chi connectivity index (χ1n) is 6.19. The zero-order valence-corrected chi connectivity index (χ0v) is 10.9. The maximum Gasteiger partial charge on any atom is 0.432 e. The molecule has 0 spiro atoms. The molecule has 2 rings (SSSR count). The summed E-state index contributed by atoms with van der Waals surface area (Å²) in [4.78, 5) is 16.0. The highest BCUT2D eigenvalue weighted by molar-refractivity contribution is 5.90. The minimum Gasteiger partial charge on any atom is -0.445 e. The van der Waals surface area contributed by atoms with Gasteiger partial charge in [0.15, 0.2) is 11.8 Å². The lowest BCUT2D eigenvalue weighted by molar-refractivity contribution is -0.0604. The molecule has 1 aliphatic heterocycles. The molecule has 1 aliphatic rings. The monoisotopic (exact) mass is 302 g/mol. The van der Waals surface area contributed by atoms with Gasteiger partial charge in [-0.1, -0.05) is 35.5 Å². The van der Waals surface area contributed by atoms with Crippen LogP contribution >= 0.6 is 0 Å². The molecule has 5 nitrogen and oxygen atoms in total. The number of hydrogen-bond acceptors (Lipinski definition) is 4. The van der Waals surface area contributed by atoms with Crippen molar-refractivity contribution in [1.29, 1.82) is 0 Å². The Balaban J connectivity index is 1.67. The van der Waals surface area contributed by atoms with Crippen LogP contribution in [0.2, 0.25) is 0 Å². The van der Waals surface area contributed by atoms with Crippen molar-refractivity contribution in [3.05, 3.63) is 35.9 Å². The fourth-order valence-electron chi connectivity index (χ4n) is 1.68. The van der Waals surface area contributed by atoms with Gasteiger partial charge in [0, 0.05) is 6.42 Å². The second-order valence-corrected chi connectivity index (χ2v) is 4.41. The van der Waals surface area contributed by atoms with Crippen LogP contribution in [0.15, 0.2) is 35.5 Å². The number of nitrogens with zero attached hydrogens (tertiary/aromatic N) is 1. The molecule has 21 heavy (non-hydrogen) atoms. The molecule has 1 atom stereocenters. The molecular weight excluding hydrogens is 289 g/mol. The molecule has 1 N–H and O–H groups in total. The number of benzene rings is 1. The van der Waals surface area contributed by atoms with Gasteiger partial charge < -0.3 is 14.9 Å². The average molecular weight is 302 g/mol. The highest BCUT2D eigenvalue weighted by atomic mass is 19.4. The van der Waals surface area contributed by atoms with Crippen LogP contribution in [-0.4, -0.2) is 30.6 Å². The van der Waals surface area contributed by atoms with Crippen molar-refractivity contribution in [1.82, 2.24) is 5.32 Å². The molecular formula is C13H13F3N2O3. The van der Waals surface area contributed by atoms with E-state index in [1.807, 2.05) is 6.07 Å². The smallest absolute Gasteiger partial charge is 0.432 e. The molecule has 0 fully saturated rings. The molecule has 1 unspecified atom stereocenters. The second kappa shape index (κ2) is 6.47. The number of halogens is 3. The van der Waals surface area contributed by atoms with Gasteiger partial charge in [-0.05, 0) is 5.56 Å². The van der Waals surface area contributed by atoms with Crippen LogP contribution in [0.5, 0.6) is 0 Å². The summed E-state index contributed by atoms with van der Waals surface area (Å²) in [5.74, 6) is 0. The van der Waals surface area contributed by atoms with Crippen molar-refractivity contribution in [2.75, 3.05) is 6.54 Å². The number of oxime groups is 1. The predicted molar refractivity (Wildman–Crippen MR) is 67.6 cm³/mol. The van der Waals surface area contributed by atoms with E-state index in [0.29, 0.717) is 0 Å². The highest BCUT2D eigenvalue weighted by Gasteiger charge is 2.41. The number of carbonyl (C=O) groups is 1. The maximum absolute atomic E-state index is 12.3. The molecule has 0 saturated carbocycles. The van der Waals surface area contributed by atoms with Gasteiger partial charge in [-0.3, -0.25) is 0 Å². The molecule has 1 heterocycles. The summed E-state index contributed by atoms with van der Waals surface area (Å²) in [6.07, 6.45) is -6.43. The first kappa shape index (κ1) is 15.1. The lowest BCUT2D eigenvalue weighted by Crippen LogP contribution is -2.33. The number of alkyl halides is 3. The first-order chi connectivity index (χ1) is 9.95. The van der Waals surface area contributed by atoms with Crippen LogP contribution in [0.4, 0.5) is 18.0 Å². The van der Waals surface area contributed by atoms with E-state index in [9.17, 15) is 18.0 Å². The Morgan fingerprint density at radius 3 is 2.71 bits per heavy atom. The van der Waals surface area contributed by atoms with Gasteiger partial charge >= 0.3 is 12.3 Å². The zero-order valence-electron chi connectivity index (χ0n) is 10.9. The summed E-state index contributed by atoms with van der Waals surface area (Å²) < 4.78 is 41.9. The van der Waals surface area contributed by atoms with Gasteiger partial charge in [-0.2, -0.15) is 13.2 Å². The summed E-state index contributed by atoms with van der Waals surface area (Å²) >= 11 is 0. The third-order valence-electron chi connectivity index (χ3n) is 2.75. The van der Waals surface area contributed by atoms with Crippen molar-refractivity contribution < 1.29 is 27.5 Å². The summed E-state index contributed by atoms with van der Waals surface area (Å²) in [5, 5.41) is 5.30. The van der Waals surface area contributed by atoms with Crippen LogP contribution in [0.3, 0.4) is 0 Å². The van der Waals surface area contributed by atoms with E-state index in [0.717, 1.165) is 5.56 Å². The topological polar surface area (TPSA) is 59.9 Å². The average Bonchev–Trinajstić information content (AvgIpc) is 2.93. The molecule has 0 aliphatic carbocycles. The van der Waals surface area contributed by atoms with Crippen molar-refractivity contribution in [2.24, 2.45) is 5.16 Å². The van der Waals surface area contributed by atoms with E-state index >= 15 is 0 Å². The van der Waals surface area contributed by atoms with Crippen LogP contribution in [-0.2, 0) is 16.2 Å². The van der Waals surface area contributed by atoms with Gasteiger partial charge in [-0.25, -0.2) is 4.79 Å². The molecule has 8 heteroatoms. The molecule has 114 valence electrons. The van der Waals surface area contributed by atoms with E-state index in [-0.39, 0.29) is 19.6 Å². The summed E-state index contributed by atoms with van der Waals surface area (Å²) in [7, 11) is 0. The molecule has 0 radical (unpaired) electrons. The number of alkyl carbamates (subject to hydrolysis) is 1. The van der Waals surface area contributed by atoms with Crippen molar-refractivity contribution in [3.8, 4) is 0 Å². The van der Waals surface area contributed by atoms with Crippen molar-refractivity contribution in [2.45, 2.75) is 25.3 Å². The van der Waals surface area contributed by atoms with Crippen molar-refractivity contribution in [3.63, 3.8) is 0 Å². The van der Waals surface area contributed by atoms with Gasteiger partial charge in [0.05, 0.1) is 6.54 Å². The minimum atomic E-state index is -4.50. The Morgan fingerprint density at radius 1 is 1.38 bits per heavy atom. The van der Waals surface area contributed by atoms with Gasteiger partial charge in [0.25, 0.3) is 0 Å². The third kappa shape index (κ3) is 4.66. The Labute approximate surface area is 118 Å². The molecule has 0 bridgehead atoms. The normalized spacial score (nSPS) is 17.9. The highest BCUT2D eigenvalue weighted by Crippen LogP contribution is 2.25. The van der Waals surface area contributed by atoms with Crippen LogP contribution in [0, 0.1) is 0 Å². The van der Waals surface area contributed by atoms with E-state index in [1.165, 1.54) is 0 Å². The maximum atomic E-state index is 12.3. The standard InChI is InChI=1S/C13H13F3N2O3/c14-13(15,16)11-6-10(21-18-11)7-17-12(19)20-8-9-4-2-1-3-5-9/h1-5,10H,6-8H2,(H,17,19). The fraction of sp³-hybridized carbons (Fsp3) is 0.385. The summed E-state index contributed by atoms with van der Waals surface area (Å²) in [5.41, 5.74) is -0.167. The molecule has 1 aromatic carbocycles. The second-order valence-electron chi connectivity index (χ2n) is 4.41. The van der Waals surface area contributed by atoms with Gasteiger partial charge in [0.2, 0.25) is 0 Å². The fourth-order valence-corrected chi connectivity index (χ4v) is 1.68. The predicted octanol–water partition coefficient (Wildman–Crippen LogP) is 2.62. The Hall–Kier alpha value is -2.25. The lowest BCUT2D eigenvalue weighted by Gasteiger charge is -2.10. The minimum absolute atomic E-state index is 0.0858. The summed E-state index contributed by atoms with van der Waals surface area (Å²) in [6.45, 7) is -0.0147. The number of hydrogen-bond donors (Lipinski definition) is 1. The number of nitrogens with one attached hydrogen (secondary N) is 1. The van der Waals surface area contributed by atoms with Gasteiger partial charge in [-0.15, -0.1) is 0 Å². The van der Waals surface area contributed by atoms with Crippen LogP contribution < -0.4 is 5.32 Å². The van der Waals surface area contributed by atoms with E-state index in [2.05, 4.69) is 15.3 Å². The zero-order chi connectivity index (χ0) is 15.3. The lowest BCUT2D eigenvalue weighted by atomic mass is 10.2. The molecule has 1 aromatic rings. The van der Waals surface area contributed by atoms with Gasteiger partial charge in [0.1, 0.15) is 6.61 Å². The number of carbonyl (C=O) groups excluding carboxylic acids is 1. The molecule has 1 amide bonds. The summed E-state index contributed by atoms with van der Waals surface area (Å²) in [6, 6.07) is 9.02. The van der Waals surface area contributed by atoms with Crippen molar-refractivity contribution >= 4 is 11.8 Å². The molecule has 0 saturated heterocycles.